The molecule has 1 N–H and O–H groups in total. The first-order valence-electron chi connectivity index (χ1n) is 10.9. The molecule has 166 valence electrons. The molecule has 0 aromatic heterocycles. The zero-order valence-corrected chi connectivity index (χ0v) is 19.5. The van der Waals surface area contributed by atoms with Gasteiger partial charge in [0.1, 0.15) is 18.4 Å². The van der Waals surface area contributed by atoms with Gasteiger partial charge < -0.3 is 10.1 Å². The molecule has 5 heteroatoms. The van der Waals surface area contributed by atoms with Crippen LogP contribution in [0.2, 0.25) is 5.02 Å². The Morgan fingerprint density at radius 3 is 2.59 bits per heavy atom. The molecule has 1 aliphatic heterocycles. The smallest absolute Gasteiger partial charge is 0.242 e. The molecule has 3 aromatic carbocycles. The molecule has 0 bridgehead atoms. The molecule has 0 fully saturated rings. The van der Waals surface area contributed by atoms with Crippen molar-refractivity contribution in [3.8, 4) is 16.9 Å². The Kier molecular flexibility index (Phi) is 6.54. The summed E-state index contributed by atoms with van der Waals surface area (Å²) in [7, 11) is 0. The van der Waals surface area contributed by atoms with Crippen LogP contribution in [0.15, 0.2) is 72.8 Å². The molecule has 0 saturated heterocycles. The van der Waals surface area contributed by atoms with Crippen LogP contribution in [0, 0.1) is 0 Å². The Morgan fingerprint density at radius 1 is 1.06 bits per heavy atom. The number of carbonyl (C=O) groups excluding carboxylic acids is 1. The van der Waals surface area contributed by atoms with E-state index in [0.717, 1.165) is 28.0 Å². The second-order valence-corrected chi connectivity index (χ2v) is 9.60. The first kappa shape index (κ1) is 22.4. The maximum atomic E-state index is 13.5. The lowest BCUT2D eigenvalue weighted by molar-refractivity contribution is -0.128. The van der Waals surface area contributed by atoms with Crippen LogP contribution in [0.4, 0.5) is 0 Å². The summed E-state index contributed by atoms with van der Waals surface area (Å²) in [5, 5.41) is 3.88. The van der Waals surface area contributed by atoms with Gasteiger partial charge in [-0.2, -0.15) is 0 Å². The summed E-state index contributed by atoms with van der Waals surface area (Å²) < 4.78 is 6.02. The number of carbonyl (C=O) groups is 1. The zero-order valence-electron chi connectivity index (χ0n) is 18.8. The van der Waals surface area contributed by atoms with Crippen molar-refractivity contribution in [3.05, 3.63) is 88.9 Å². The SMILES string of the molecule is CC(C)(C)NC(=O)C1c2ccccc2OCCN1Cc1ccccc1-c1cccc(Cl)c1. The standard InChI is InChI=1S/C27H29ClN2O2/c1-27(2,3)29-26(31)25-23-13-6-7-14-24(23)32-16-15-30(25)18-20-9-4-5-12-22(20)19-10-8-11-21(28)17-19/h4-14,17,25H,15-16,18H2,1-3H3,(H,29,31). The number of hydrogen-bond donors (Lipinski definition) is 1. The topological polar surface area (TPSA) is 41.6 Å². The molecule has 4 rings (SSSR count). The van der Waals surface area contributed by atoms with Crippen LogP contribution < -0.4 is 10.1 Å². The molecule has 0 radical (unpaired) electrons. The summed E-state index contributed by atoms with van der Waals surface area (Å²) in [6.45, 7) is 7.79. The second-order valence-electron chi connectivity index (χ2n) is 9.17. The molecule has 1 aliphatic rings. The molecule has 0 saturated carbocycles. The summed E-state index contributed by atoms with van der Waals surface area (Å²) in [4.78, 5) is 15.7. The number of rotatable bonds is 4. The van der Waals surface area contributed by atoms with Crippen LogP contribution in [0.5, 0.6) is 5.75 Å². The van der Waals surface area contributed by atoms with Gasteiger partial charge >= 0.3 is 0 Å². The first-order valence-corrected chi connectivity index (χ1v) is 11.3. The van der Waals surface area contributed by atoms with E-state index in [9.17, 15) is 4.79 Å². The Morgan fingerprint density at radius 2 is 1.81 bits per heavy atom. The lowest BCUT2D eigenvalue weighted by Gasteiger charge is -2.32. The summed E-state index contributed by atoms with van der Waals surface area (Å²) in [6, 6.07) is 23.6. The Labute approximate surface area is 195 Å². The average Bonchev–Trinajstić information content (AvgIpc) is 2.92. The van der Waals surface area contributed by atoms with E-state index in [1.54, 1.807) is 0 Å². The molecule has 32 heavy (non-hydrogen) atoms. The van der Waals surface area contributed by atoms with Crippen LogP contribution in [0.25, 0.3) is 11.1 Å². The van der Waals surface area contributed by atoms with E-state index in [1.165, 1.54) is 0 Å². The molecule has 3 aromatic rings. The highest BCUT2D eigenvalue weighted by Crippen LogP contribution is 2.35. The van der Waals surface area contributed by atoms with E-state index in [4.69, 9.17) is 16.3 Å². The number of halogens is 1. The maximum Gasteiger partial charge on any atom is 0.242 e. The van der Waals surface area contributed by atoms with Gasteiger partial charge in [-0.3, -0.25) is 9.69 Å². The van der Waals surface area contributed by atoms with E-state index in [2.05, 4.69) is 28.4 Å². The highest BCUT2D eigenvalue weighted by Gasteiger charge is 2.34. The Bertz CT molecular complexity index is 1110. The minimum Gasteiger partial charge on any atom is -0.492 e. The molecule has 0 aliphatic carbocycles. The minimum absolute atomic E-state index is 0.0179. The molecule has 1 amide bonds. The van der Waals surface area contributed by atoms with Crippen LogP contribution in [0.1, 0.15) is 37.9 Å². The van der Waals surface area contributed by atoms with Gasteiger partial charge in [-0.15, -0.1) is 0 Å². The van der Waals surface area contributed by atoms with Gasteiger partial charge in [-0.05, 0) is 55.7 Å². The number of nitrogens with one attached hydrogen (secondary N) is 1. The lowest BCUT2D eigenvalue weighted by atomic mass is 9.97. The molecule has 0 spiro atoms. The maximum absolute atomic E-state index is 13.5. The number of para-hydroxylation sites is 1. The van der Waals surface area contributed by atoms with E-state index >= 15 is 0 Å². The number of hydrogen-bond acceptors (Lipinski definition) is 3. The largest absolute Gasteiger partial charge is 0.492 e. The fourth-order valence-electron chi connectivity index (χ4n) is 4.17. The van der Waals surface area contributed by atoms with Crippen LogP contribution >= 0.6 is 11.6 Å². The third kappa shape index (κ3) is 5.14. The number of fused-ring (bicyclic) bond motifs is 1. The van der Waals surface area contributed by atoms with Crippen molar-refractivity contribution >= 4 is 17.5 Å². The van der Waals surface area contributed by atoms with Gasteiger partial charge in [0.2, 0.25) is 5.91 Å². The minimum atomic E-state index is -0.444. The van der Waals surface area contributed by atoms with Crippen molar-refractivity contribution in [2.45, 2.75) is 38.9 Å². The van der Waals surface area contributed by atoms with Crippen LogP contribution in [-0.4, -0.2) is 29.5 Å². The van der Waals surface area contributed by atoms with Crippen molar-refractivity contribution < 1.29 is 9.53 Å². The van der Waals surface area contributed by atoms with Crippen molar-refractivity contribution in [2.24, 2.45) is 0 Å². The molecular formula is C27H29ClN2O2. The highest BCUT2D eigenvalue weighted by atomic mass is 35.5. The molecule has 1 atom stereocenters. The van der Waals surface area contributed by atoms with Gasteiger partial charge in [0.05, 0.1) is 0 Å². The van der Waals surface area contributed by atoms with Crippen LogP contribution in [0.3, 0.4) is 0 Å². The third-order valence-corrected chi connectivity index (χ3v) is 5.72. The predicted octanol–water partition coefficient (Wildman–Crippen LogP) is 5.86. The van der Waals surface area contributed by atoms with Gasteiger partial charge in [0, 0.05) is 29.2 Å². The van der Waals surface area contributed by atoms with Crippen molar-refractivity contribution in [2.75, 3.05) is 13.2 Å². The summed E-state index contributed by atoms with van der Waals surface area (Å²) in [6.07, 6.45) is 0. The summed E-state index contributed by atoms with van der Waals surface area (Å²) >= 11 is 6.26. The normalized spacial score (nSPS) is 16.6. The number of benzene rings is 3. The lowest BCUT2D eigenvalue weighted by Crippen LogP contribution is -2.47. The fraction of sp³-hybridized carbons (Fsp3) is 0.296. The third-order valence-electron chi connectivity index (χ3n) is 5.49. The van der Waals surface area contributed by atoms with E-state index in [-0.39, 0.29) is 11.4 Å². The first-order chi connectivity index (χ1) is 15.3. The van der Waals surface area contributed by atoms with Gasteiger partial charge in [-0.1, -0.05) is 66.2 Å². The Hall–Kier alpha value is -2.82. The second kappa shape index (κ2) is 9.35. The van der Waals surface area contributed by atoms with Gasteiger partial charge in [0.25, 0.3) is 0 Å². The fourth-order valence-corrected chi connectivity index (χ4v) is 4.36. The van der Waals surface area contributed by atoms with E-state index < -0.39 is 6.04 Å². The highest BCUT2D eigenvalue weighted by molar-refractivity contribution is 6.30. The molecule has 1 unspecified atom stereocenters. The van der Waals surface area contributed by atoms with E-state index in [1.807, 2.05) is 75.4 Å². The van der Waals surface area contributed by atoms with Gasteiger partial charge in [0.15, 0.2) is 0 Å². The quantitative estimate of drug-likeness (QED) is 0.543. The molecule has 1 heterocycles. The summed E-state index contributed by atoms with van der Waals surface area (Å²) in [5.41, 5.74) is 3.89. The molecule has 4 nitrogen and oxygen atoms in total. The van der Waals surface area contributed by atoms with Crippen molar-refractivity contribution in [3.63, 3.8) is 0 Å². The molecular weight excluding hydrogens is 420 g/mol. The number of ether oxygens (including phenoxy) is 1. The van der Waals surface area contributed by atoms with Crippen LogP contribution in [-0.2, 0) is 11.3 Å². The van der Waals surface area contributed by atoms with Crippen molar-refractivity contribution in [1.29, 1.82) is 0 Å². The average molecular weight is 449 g/mol. The number of amides is 1. The van der Waals surface area contributed by atoms with E-state index in [0.29, 0.717) is 24.7 Å². The van der Waals surface area contributed by atoms with Crippen molar-refractivity contribution in [1.82, 2.24) is 10.2 Å². The number of nitrogens with zero attached hydrogens (tertiary/aromatic N) is 1. The zero-order chi connectivity index (χ0) is 22.7. The Balaban J connectivity index is 1.73. The van der Waals surface area contributed by atoms with Gasteiger partial charge in [-0.25, -0.2) is 0 Å². The predicted molar refractivity (Wildman–Crippen MR) is 130 cm³/mol. The summed E-state index contributed by atoms with van der Waals surface area (Å²) in [5.74, 6) is 0.753. The monoisotopic (exact) mass is 448 g/mol.